The standard InChI is InChI=1S/C19H29N3O3/c1-25-17-7-4-5-15(13-17)8-9-19(24)22-12-3-2-6-16(22)14-21-18(23)10-11-20/h4-5,7,13,16H,2-3,6,8-12,14,20H2,1H3,(H,21,23). The summed E-state index contributed by atoms with van der Waals surface area (Å²) in [4.78, 5) is 26.2. The molecule has 1 fully saturated rings. The molecule has 1 aromatic carbocycles. The van der Waals surface area contributed by atoms with Crippen molar-refractivity contribution in [2.75, 3.05) is 26.7 Å². The highest BCUT2D eigenvalue weighted by atomic mass is 16.5. The Balaban J connectivity index is 1.87. The zero-order valence-corrected chi connectivity index (χ0v) is 15.0. The molecule has 0 aromatic heterocycles. The average molecular weight is 347 g/mol. The molecule has 0 aliphatic carbocycles. The predicted molar refractivity (Wildman–Crippen MR) is 97.3 cm³/mol. The first-order chi connectivity index (χ1) is 12.1. The number of ether oxygens (including phenoxy) is 1. The third kappa shape index (κ3) is 6.05. The Kier molecular flexibility index (Phi) is 7.73. The quantitative estimate of drug-likeness (QED) is 0.746. The summed E-state index contributed by atoms with van der Waals surface area (Å²) < 4.78 is 5.22. The number of rotatable bonds is 8. The molecule has 0 bridgehead atoms. The number of aryl methyl sites for hydroxylation is 1. The van der Waals surface area contributed by atoms with Crippen LogP contribution in [0.4, 0.5) is 0 Å². The number of methoxy groups -OCH3 is 1. The highest BCUT2D eigenvalue weighted by molar-refractivity contribution is 5.78. The molecule has 6 heteroatoms. The highest BCUT2D eigenvalue weighted by Crippen LogP contribution is 2.19. The van der Waals surface area contributed by atoms with Crippen LogP contribution in [0.2, 0.25) is 0 Å². The van der Waals surface area contributed by atoms with E-state index in [1.807, 2.05) is 29.2 Å². The lowest BCUT2D eigenvalue weighted by molar-refractivity contribution is -0.135. The molecule has 1 saturated heterocycles. The summed E-state index contributed by atoms with van der Waals surface area (Å²) in [6.45, 7) is 1.64. The number of nitrogens with zero attached hydrogens (tertiary/aromatic N) is 1. The molecule has 2 amide bonds. The maximum Gasteiger partial charge on any atom is 0.223 e. The van der Waals surface area contributed by atoms with Crippen LogP contribution in [0, 0.1) is 0 Å². The minimum Gasteiger partial charge on any atom is -0.497 e. The van der Waals surface area contributed by atoms with E-state index in [2.05, 4.69) is 5.32 Å². The van der Waals surface area contributed by atoms with Gasteiger partial charge in [0.2, 0.25) is 11.8 Å². The average Bonchev–Trinajstić information content (AvgIpc) is 2.65. The highest BCUT2D eigenvalue weighted by Gasteiger charge is 2.26. The second kappa shape index (κ2) is 10.0. The fourth-order valence-electron chi connectivity index (χ4n) is 3.22. The summed E-state index contributed by atoms with van der Waals surface area (Å²) in [5.74, 6) is 0.917. The molecule has 6 nitrogen and oxygen atoms in total. The van der Waals surface area contributed by atoms with Crippen LogP contribution in [0.1, 0.15) is 37.7 Å². The molecule has 25 heavy (non-hydrogen) atoms. The number of hydrogen-bond donors (Lipinski definition) is 2. The van der Waals surface area contributed by atoms with E-state index in [0.717, 1.165) is 37.1 Å². The van der Waals surface area contributed by atoms with E-state index in [-0.39, 0.29) is 17.9 Å². The second-order valence-corrected chi connectivity index (χ2v) is 6.43. The van der Waals surface area contributed by atoms with E-state index in [9.17, 15) is 9.59 Å². The van der Waals surface area contributed by atoms with E-state index in [1.54, 1.807) is 7.11 Å². The van der Waals surface area contributed by atoms with Crippen molar-refractivity contribution in [1.82, 2.24) is 10.2 Å². The lowest BCUT2D eigenvalue weighted by atomic mass is 10.0. The zero-order valence-electron chi connectivity index (χ0n) is 15.0. The van der Waals surface area contributed by atoms with E-state index in [1.165, 1.54) is 0 Å². The summed E-state index contributed by atoms with van der Waals surface area (Å²) in [6, 6.07) is 7.91. The number of nitrogens with one attached hydrogen (secondary N) is 1. The molecule has 1 atom stereocenters. The van der Waals surface area contributed by atoms with Crippen LogP contribution in [-0.4, -0.2) is 49.5 Å². The third-order valence-corrected chi connectivity index (χ3v) is 4.62. The Morgan fingerprint density at radius 2 is 2.16 bits per heavy atom. The summed E-state index contributed by atoms with van der Waals surface area (Å²) in [5, 5.41) is 2.90. The van der Waals surface area contributed by atoms with Crippen molar-refractivity contribution in [3.63, 3.8) is 0 Å². The molecule has 1 heterocycles. The van der Waals surface area contributed by atoms with Crippen LogP contribution in [0.5, 0.6) is 5.75 Å². The van der Waals surface area contributed by atoms with Gasteiger partial charge < -0.3 is 20.7 Å². The summed E-state index contributed by atoms with van der Waals surface area (Å²) in [6.07, 6.45) is 4.55. The van der Waals surface area contributed by atoms with Crippen molar-refractivity contribution < 1.29 is 14.3 Å². The maximum absolute atomic E-state index is 12.7. The molecule has 0 spiro atoms. The van der Waals surface area contributed by atoms with Gasteiger partial charge in [0.05, 0.1) is 7.11 Å². The van der Waals surface area contributed by atoms with E-state index < -0.39 is 0 Å². The van der Waals surface area contributed by atoms with Crippen molar-refractivity contribution in [1.29, 1.82) is 0 Å². The SMILES string of the molecule is COc1cccc(CCC(=O)N2CCCCC2CNC(=O)CCN)c1. The van der Waals surface area contributed by atoms with Gasteiger partial charge in [-0.25, -0.2) is 0 Å². The van der Waals surface area contributed by atoms with Gasteiger partial charge in [0.1, 0.15) is 5.75 Å². The Morgan fingerprint density at radius 1 is 1.32 bits per heavy atom. The molecular formula is C19H29N3O3. The minimum absolute atomic E-state index is 0.0446. The van der Waals surface area contributed by atoms with E-state index in [4.69, 9.17) is 10.5 Å². The Hall–Kier alpha value is -2.08. The Bertz CT molecular complexity index is 577. The lowest BCUT2D eigenvalue weighted by Crippen LogP contribution is -2.49. The third-order valence-electron chi connectivity index (χ3n) is 4.62. The molecule has 3 N–H and O–H groups in total. The summed E-state index contributed by atoms with van der Waals surface area (Å²) in [7, 11) is 1.64. The van der Waals surface area contributed by atoms with Gasteiger partial charge in [-0.15, -0.1) is 0 Å². The van der Waals surface area contributed by atoms with Gasteiger partial charge in [-0.2, -0.15) is 0 Å². The zero-order chi connectivity index (χ0) is 18.1. The predicted octanol–water partition coefficient (Wildman–Crippen LogP) is 1.47. The van der Waals surface area contributed by atoms with Gasteiger partial charge in [-0.1, -0.05) is 12.1 Å². The first kappa shape index (κ1) is 19.2. The number of carbonyl (C=O) groups is 2. The van der Waals surface area contributed by atoms with Crippen molar-refractivity contribution in [2.24, 2.45) is 5.73 Å². The fourth-order valence-corrected chi connectivity index (χ4v) is 3.22. The van der Waals surface area contributed by atoms with Crippen LogP contribution in [0.25, 0.3) is 0 Å². The molecular weight excluding hydrogens is 318 g/mol. The molecule has 1 unspecified atom stereocenters. The normalized spacial score (nSPS) is 17.2. The van der Waals surface area contributed by atoms with Crippen LogP contribution in [0.3, 0.4) is 0 Å². The molecule has 1 aliphatic heterocycles. The maximum atomic E-state index is 12.7. The van der Waals surface area contributed by atoms with Gasteiger partial charge in [-0.05, 0) is 43.4 Å². The lowest BCUT2D eigenvalue weighted by Gasteiger charge is -2.36. The molecule has 1 aromatic rings. The second-order valence-electron chi connectivity index (χ2n) is 6.43. The monoisotopic (exact) mass is 347 g/mol. The largest absolute Gasteiger partial charge is 0.497 e. The molecule has 0 radical (unpaired) electrons. The number of carbonyl (C=O) groups excluding carboxylic acids is 2. The van der Waals surface area contributed by atoms with Crippen LogP contribution in [-0.2, 0) is 16.0 Å². The Labute approximate surface area is 149 Å². The van der Waals surface area contributed by atoms with Crippen molar-refractivity contribution in [3.05, 3.63) is 29.8 Å². The summed E-state index contributed by atoms with van der Waals surface area (Å²) in [5.41, 5.74) is 6.49. The molecule has 138 valence electrons. The van der Waals surface area contributed by atoms with Gasteiger partial charge in [-0.3, -0.25) is 9.59 Å². The van der Waals surface area contributed by atoms with Gasteiger partial charge in [0.25, 0.3) is 0 Å². The summed E-state index contributed by atoms with van der Waals surface area (Å²) >= 11 is 0. The molecule has 0 saturated carbocycles. The van der Waals surface area contributed by atoms with Gasteiger partial charge >= 0.3 is 0 Å². The van der Waals surface area contributed by atoms with Crippen LogP contribution >= 0.6 is 0 Å². The van der Waals surface area contributed by atoms with E-state index >= 15 is 0 Å². The number of amides is 2. The number of hydrogen-bond acceptors (Lipinski definition) is 4. The number of nitrogens with two attached hydrogens (primary N) is 1. The number of benzene rings is 1. The number of likely N-dealkylation sites (tertiary alicyclic amines) is 1. The first-order valence-corrected chi connectivity index (χ1v) is 9.03. The first-order valence-electron chi connectivity index (χ1n) is 9.03. The molecule has 1 aliphatic rings. The number of piperidine rings is 1. The minimum atomic E-state index is -0.0446. The Morgan fingerprint density at radius 3 is 2.92 bits per heavy atom. The van der Waals surface area contributed by atoms with Crippen LogP contribution < -0.4 is 15.8 Å². The fraction of sp³-hybridized carbons (Fsp3) is 0.579. The van der Waals surface area contributed by atoms with Crippen molar-refractivity contribution >= 4 is 11.8 Å². The smallest absolute Gasteiger partial charge is 0.223 e. The van der Waals surface area contributed by atoms with Crippen LogP contribution in [0.15, 0.2) is 24.3 Å². The van der Waals surface area contributed by atoms with Crippen molar-refractivity contribution in [2.45, 2.75) is 44.6 Å². The topological polar surface area (TPSA) is 84.7 Å². The van der Waals surface area contributed by atoms with Crippen molar-refractivity contribution in [3.8, 4) is 5.75 Å². The molecule has 2 rings (SSSR count). The van der Waals surface area contributed by atoms with Gasteiger partial charge in [0, 0.05) is 38.5 Å². The van der Waals surface area contributed by atoms with Gasteiger partial charge in [0.15, 0.2) is 0 Å². The van der Waals surface area contributed by atoms with E-state index in [0.29, 0.717) is 32.4 Å².